The van der Waals surface area contributed by atoms with E-state index in [2.05, 4.69) is 30.0 Å². The number of nitrogens with one attached hydrogen (secondary N) is 2. The molecule has 0 saturated heterocycles. The number of hydrogen-bond donors (Lipinski definition) is 3. The minimum atomic E-state index is -1.57. The molecule has 35 heavy (non-hydrogen) atoms. The molecule has 0 aliphatic heterocycles. The molecular formula is C25H26ClN7OS. The van der Waals surface area contributed by atoms with E-state index in [1.54, 1.807) is 30.5 Å². The van der Waals surface area contributed by atoms with Crippen molar-refractivity contribution in [2.45, 2.75) is 49.6 Å². The summed E-state index contributed by atoms with van der Waals surface area (Å²) in [5.41, 5.74) is 9.46. The van der Waals surface area contributed by atoms with Gasteiger partial charge in [-0.05, 0) is 62.4 Å². The molecule has 0 radical (unpaired) electrons. The molecule has 180 valence electrons. The van der Waals surface area contributed by atoms with E-state index >= 15 is 0 Å². The zero-order valence-corrected chi connectivity index (χ0v) is 20.8. The van der Waals surface area contributed by atoms with Crippen LogP contribution >= 0.6 is 11.6 Å². The third-order valence-electron chi connectivity index (χ3n) is 6.20. The highest BCUT2D eigenvalue weighted by Gasteiger charge is 2.19. The largest absolute Gasteiger partial charge is 0.351 e. The molecule has 4 aromatic rings. The van der Waals surface area contributed by atoms with Crippen LogP contribution in [0.1, 0.15) is 31.4 Å². The number of anilines is 2. The van der Waals surface area contributed by atoms with Crippen LogP contribution in [0.3, 0.4) is 0 Å². The van der Waals surface area contributed by atoms with Crippen LogP contribution in [0.25, 0.3) is 22.0 Å². The summed E-state index contributed by atoms with van der Waals surface area (Å²) in [7, 11) is -1.57. The third kappa shape index (κ3) is 5.42. The Balaban J connectivity index is 1.32. The summed E-state index contributed by atoms with van der Waals surface area (Å²) >= 11 is 6.14. The van der Waals surface area contributed by atoms with Crippen molar-refractivity contribution in [1.29, 1.82) is 0 Å². The van der Waals surface area contributed by atoms with Gasteiger partial charge in [-0.3, -0.25) is 4.72 Å². The lowest BCUT2D eigenvalue weighted by Gasteiger charge is -2.26. The second-order valence-corrected chi connectivity index (χ2v) is 10.3. The van der Waals surface area contributed by atoms with Crippen LogP contribution in [0.5, 0.6) is 0 Å². The van der Waals surface area contributed by atoms with Gasteiger partial charge in [-0.2, -0.15) is 0 Å². The fraction of sp³-hybridized carbons (Fsp3) is 0.280. The number of halogens is 1. The number of fused-ring (bicyclic) bond motifs is 1. The Labute approximate surface area is 211 Å². The summed E-state index contributed by atoms with van der Waals surface area (Å²) in [6.45, 7) is 1.89. The second kappa shape index (κ2) is 10.2. The number of hydrogen-bond acceptors (Lipinski definition) is 7. The molecule has 0 bridgehead atoms. The summed E-state index contributed by atoms with van der Waals surface area (Å²) < 4.78 is 15.4. The summed E-state index contributed by atoms with van der Waals surface area (Å²) in [5, 5.41) is 4.80. The summed E-state index contributed by atoms with van der Waals surface area (Å²) in [4.78, 5) is 18.6. The predicted octanol–water partition coefficient (Wildman–Crippen LogP) is 4.87. The fourth-order valence-corrected chi connectivity index (χ4v) is 5.42. The molecule has 0 amide bonds. The van der Waals surface area contributed by atoms with E-state index in [0.29, 0.717) is 28.0 Å². The van der Waals surface area contributed by atoms with Gasteiger partial charge in [0.1, 0.15) is 0 Å². The minimum Gasteiger partial charge on any atom is -0.351 e. The smallest absolute Gasteiger partial charge is 0.235 e. The molecule has 1 aliphatic carbocycles. The Morgan fingerprint density at radius 3 is 2.54 bits per heavy atom. The maximum atomic E-state index is 12.6. The molecule has 1 unspecified atom stereocenters. The first-order chi connectivity index (χ1) is 17.0. The highest BCUT2D eigenvalue weighted by Crippen LogP contribution is 2.27. The van der Waals surface area contributed by atoms with Crippen LogP contribution in [0.2, 0.25) is 5.02 Å². The first kappa shape index (κ1) is 23.6. The quantitative estimate of drug-likeness (QED) is 0.341. The van der Waals surface area contributed by atoms with Crippen LogP contribution in [0.4, 0.5) is 11.9 Å². The maximum absolute atomic E-state index is 12.6. The van der Waals surface area contributed by atoms with Crippen LogP contribution in [0, 0.1) is 6.92 Å². The first-order valence-corrected chi connectivity index (χ1v) is 13.0. The van der Waals surface area contributed by atoms with Crippen LogP contribution in [-0.4, -0.2) is 36.2 Å². The molecule has 1 atom stereocenters. The molecule has 10 heteroatoms. The first-order valence-electron chi connectivity index (χ1n) is 11.5. The molecule has 4 N–H and O–H groups in total. The summed E-state index contributed by atoms with van der Waals surface area (Å²) in [5.74, 6) is 0.917. The van der Waals surface area contributed by atoms with Crippen molar-refractivity contribution in [2.24, 2.45) is 5.73 Å². The Morgan fingerprint density at radius 2 is 1.77 bits per heavy atom. The SMILES string of the molecule is Cc1nc(NS(=O)c2ccccc2Cl)ncc1-c1ccc2nc(NC3CCC(N)CC3)ncc2c1. The van der Waals surface area contributed by atoms with Crippen molar-refractivity contribution in [3.05, 3.63) is 65.6 Å². The van der Waals surface area contributed by atoms with Gasteiger partial charge in [0.15, 0.2) is 11.0 Å². The third-order valence-corrected chi connectivity index (χ3v) is 7.76. The van der Waals surface area contributed by atoms with Gasteiger partial charge in [0, 0.05) is 35.4 Å². The molecule has 1 saturated carbocycles. The summed E-state index contributed by atoms with van der Waals surface area (Å²) in [6.07, 6.45) is 7.69. The van der Waals surface area contributed by atoms with Crippen molar-refractivity contribution in [3.63, 3.8) is 0 Å². The van der Waals surface area contributed by atoms with Crippen molar-refractivity contribution in [1.82, 2.24) is 19.9 Å². The minimum absolute atomic E-state index is 0.271. The normalized spacial score (nSPS) is 18.8. The molecule has 1 aliphatic rings. The van der Waals surface area contributed by atoms with Gasteiger partial charge in [0.05, 0.1) is 21.1 Å². The molecular weight excluding hydrogens is 482 g/mol. The second-order valence-electron chi connectivity index (χ2n) is 8.72. The molecule has 5 rings (SSSR count). The fourth-order valence-electron chi connectivity index (χ4n) is 4.25. The number of rotatable bonds is 6. The van der Waals surface area contributed by atoms with Crippen molar-refractivity contribution in [3.8, 4) is 11.1 Å². The molecule has 8 nitrogen and oxygen atoms in total. The van der Waals surface area contributed by atoms with E-state index in [1.165, 1.54) is 0 Å². The zero-order valence-electron chi connectivity index (χ0n) is 19.2. The van der Waals surface area contributed by atoms with Gasteiger partial charge in [0.25, 0.3) is 0 Å². The number of aryl methyl sites for hydroxylation is 1. The van der Waals surface area contributed by atoms with E-state index in [9.17, 15) is 4.21 Å². The highest BCUT2D eigenvalue weighted by atomic mass is 35.5. The number of benzene rings is 2. The van der Waals surface area contributed by atoms with Crippen molar-refractivity contribution < 1.29 is 4.21 Å². The highest BCUT2D eigenvalue weighted by molar-refractivity contribution is 7.86. The van der Waals surface area contributed by atoms with E-state index < -0.39 is 11.0 Å². The Morgan fingerprint density at radius 1 is 1.00 bits per heavy atom. The van der Waals surface area contributed by atoms with E-state index in [0.717, 1.165) is 53.4 Å². The molecule has 2 heterocycles. The molecule has 2 aromatic heterocycles. The lowest BCUT2D eigenvalue weighted by molar-refractivity contribution is 0.410. The average molecular weight is 508 g/mol. The predicted molar refractivity (Wildman–Crippen MR) is 141 cm³/mol. The standard InChI is InChI=1S/C25H26ClN7OS/c1-15-20(14-29-25(30-15)33-35(34)23-5-3-2-4-21(23)26)16-6-11-22-17(12-16)13-28-24(32-22)31-19-9-7-18(27)8-10-19/h2-6,11-14,18-19H,7-10,27H2,1H3,(H,28,31,32)(H,29,30,33). The zero-order chi connectivity index (χ0) is 24.4. The van der Waals surface area contributed by atoms with Crippen LogP contribution in [0.15, 0.2) is 59.8 Å². The average Bonchev–Trinajstić information content (AvgIpc) is 2.85. The lowest BCUT2D eigenvalue weighted by atomic mass is 9.92. The van der Waals surface area contributed by atoms with Crippen LogP contribution < -0.4 is 15.8 Å². The van der Waals surface area contributed by atoms with Gasteiger partial charge in [-0.15, -0.1) is 0 Å². The summed E-state index contributed by atoms with van der Waals surface area (Å²) in [6, 6.07) is 13.7. The molecule has 0 spiro atoms. The Kier molecular flexibility index (Phi) is 6.90. The van der Waals surface area contributed by atoms with Gasteiger partial charge >= 0.3 is 0 Å². The Bertz CT molecular complexity index is 1390. The molecule has 2 aromatic carbocycles. The number of nitrogens with zero attached hydrogens (tertiary/aromatic N) is 4. The maximum Gasteiger partial charge on any atom is 0.235 e. The van der Waals surface area contributed by atoms with Crippen molar-refractivity contribution >= 4 is 45.4 Å². The number of nitrogens with two attached hydrogens (primary N) is 1. The van der Waals surface area contributed by atoms with Crippen LogP contribution in [-0.2, 0) is 11.0 Å². The van der Waals surface area contributed by atoms with Gasteiger partial charge in [-0.25, -0.2) is 24.1 Å². The van der Waals surface area contributed by atoms with Gasteiger partial charge in [-0.1, -0.05) is 29.8 Å². The molecule has 1 fully saturated rings. The number of aromatic nitrogens is 4. The van der Waals surface area contributed by atoms with Gasteiger partial charge in [0.2, 0.25) is 11.9 Å². The van der Waals surface area contributed by atoms with Crippen molar-refractivity contribution in [2.75, 3.05) is 10.0 Å². The van der Waals surface area contributed by atoms with E-state index in [1.807, 2.05) is 31.3 Å². The Hall–Kier alpha value is -3.14. The van der Waals surface area contributed by atoms with E-state index in [4.69, 9.17) is 17.3 Å². The topological polar surface area (TPSA) is 119 Å². The van der Waals surface area contributed by atoms with E-state index in [-0.39, 0.29) is 5.95 Å². The van der Waals surface area contributed by atoms with Gasteiger partial charge < -0.3 is 11.1 Å². The lowest BCUT2D eigenvalue weighted by Crippen LogP contribution is -2.33. The monoisotopic (exact) mass is 507 g/mol.